The van der Waals surface area contributed by atoms with Crippen molar-refractivity contribution >= 4 is 120 Å². The molecule has 0 aliphatic carbocycles. The van der Waals surface area contributed by atoms with Gasteiger partial charge in [0, 0.05) is 133 Å². The number of unbranched alkanes of at least 4 members (excludes halogenated alkanes) is 14. The Morgan fingerprint density at radius 3 is 1.20 bits per heavy atom. The van der Waals surface area contributed by atoms with Gasteiger partial charge in [0.05, 0.1) is 17.5 Å². The quantitative estimate of drug-likeness (QED) is 0.0325. The fourth-order valence-electron chi connectivity index (χ4n) is 11.6. The molecule has 1 aliphatic rings. The number of carbonyl (C=O) groups is 17. The lowest BCUT2D eigenvalue weighted by Gasteiger charge is -2.15. The zero-order chi connectivity index (χ0) is 100.0. The van der Waals surface area contributed by atoms with E-state index in [2.05, 4.69) is 84.8 Å². The van der Waals surface area contributed by atoms with E-state index < -0.39 is 126 Å². The molecule has 1 aliphatic heterocycles. The second kappa shape index (κ2) is 78.2. The number of aliphatic carboxylic acids is 10. The minimum absolute atomic E-state index is 0.00274. The number of aromatic nitrogens is 6. The highest BCUT2D eigenvalue weighted by Gasteiger charge is 2.28. The molecule has 7 atom stereocenters. The molecule has 3 heterocycles. The Labute approximate surface area is 759 Å². The predicted molar refractivity (Wildman–Crippen MR) is 450 cm³/mol. The third-order valence-corrected chi connectivity index (χ3v) is 18.8. The van der Waals surface area contributed by atoms with Crippen molar-refractivity contribution in [2.45, 2.75) is 295 Å². The predicted octanol–water partition coefficient (Wildman–Crippen LogP) is 1.07. The van der Waals surface area contributed by atoms with Crippen LogP contribution in [0.1, 0.15) is 250 Å². The van der Waals surface area contributed by atoms with E-state index in [4.69, 9.17) is 69.6 Å². The number of aryl methyl sites for hydroxylation is 3. The molecule has 0 fully saturated rings. The van der Waals surface area contributed by atoms with Crippen molar-refractivity contribution in [2.75, 3.05) is 39.3 Å². The summed E-state index contributed by atoms with van der Waals surface area (Å²) in [5, 5.41) is 132. The van der Waals surface area contributed by atoms with Gasteiger partial charge in [-0.25, -0.2) is 38.4 Å². The molecule has 132 heavy (non-hydrogen) atoms. The highest BCUT2D eigenvalue weighted by atomic mass is 16.4. The van der Waals surface area contributed by atoms with Crippen LogP contribution < -0.4 is 68.8 Å². The minimum atomic E-state index is -1.31. The molecule has 0 bridgehead atoms. The molecule has 0 spiro atoms. The van der Waals surface area contributed by atoms with Crippen LogP contribution in [0.25, 0.3) is 0 Å². The first-order valence-corrected chi connectivity index (χ1v) is 43.0. The van der Waals surface area contributed by atoms with Crippen LogP contribution in [0, 0.1) is 11.8 Å². The Bertz CT molecular complexity index is 3930. The normalized spacial score (nSPS) is 12.3. The number of hydrogen-bond donors (Lipinski definition) is 23. The van der Waals surface area contributed by atoms with Crippen molar-refractivity contribution in [3.05, 3.63) is 35.7 Å². The molecule has 0 saturated carbocycles. The Kier molecular flexibility index (Phi) is 72.4. The van der Waals surface area contributed by atoms with Crippen LogP contribution in [0.4, 0.5) is 14.4 Å². The summed E-state index contributed by atoms with van der Waals surface area (Å²) < 4.78 is 3.54. The summed E-state index contributed by atoms with van der Waals surface area (Å²) in [4.78, 5) is 242. The maximum Gasteiger partial charge on any atom is 0.373 e. The molecule has 23 N–H and O–H groups in total. The Morgan fingerprint density at radius 2 is 0.773 bits per heavy atom. The van der Waals surface area contributed by atoms with Gasteiger partial charge >= 0.3 is 96.2 Å². The van der Waals surface area contributed by atoms with E-state index in [1.54, 1.807) is 29.0 Å². The van der Waals surface area contributed by atoms with Gasteiger partial charge in [-0.3, -0.25) is 52.8 Å². The van der Waals surface area contributed by atoms with Crippen molar-refractivity contribution in [3.63, 3.8) is 0 Å². The smallest absolute Gasteiger partial charge is 0.373 e. The summed E-state index contributed by atoms with van der Waals surface area (Å²) in [6, 6.07) is -7.81. The third-order valence-electron chi connectivity index (χ3n) is 18.8. The van der Waals surface area contributed by atoms with Crippen molar-refractivity contribution in [2.24, 2.45) is 11.8 Å². The summed E-state index contributed by atoms with van der Waals surface area (Å²) >= 11 is 0. The number of carbonyl (C=O) groups excluding carboxylic acids is 13. The molecule has 0 aromatic carbocycles. The van der Waals surface area contributed by atoms with E-state index in [9.17, 15) is 91.7 Å². The van der Waals surface area contributed by atoms with Crippen LogP contribution in [-0.4, -0.2) is 271 Å². The lowest BCUT2D eigenvalue weighted by atomic mass is 10.1. The average molecular weight is 1890 g/mol. The molecule has 10 amide bonds. The van der Waals surface area contributed by atoms with Gasteiger partial charge in [0.25, 0.3) is 0 Å². The minimum Gasteiger partial charge on any atom is -0.481 e. The number of hydrogen-bond acceptors (Lipinski definition) is 29. The Morgan fingerprint density at radius 1 is 0.386 bits per heavy atom. The van der Waals surface area contributed by atoms with Crippen LogP contribution in [0.2, 0.25) is 0 Å². The number of amides is 10. The van der Waals surface area contributed by atoms with Crippen LogP contribution in [-0.2, 0) is 122 Å². The van der Waals surface area contributed by atoms with Gasteiger partial charge < -0.3 is 110 Å². The molecule has 0 radical (unpaired) electrons. The number of nitrogens with one attached hydrogen (secondary N) is 13. The van der Waals surface area contributed by atoms with Gasteiger partial charge in [-0.2, -0.15) is 33.4 Å². The molecule has 3 rings (SSSR count). The van der Waals surface area contributed by atoms with Crippen molar-refractivity contribution in [1.82, 2.24) is 94.4 Å². The van der Waals surface area contributed by atoms with Gasteiger partial charge in [0.1, 0.15) is 36.8 Å². The molecule has 4 unspecified atom stereocenters. The highest BCUT2D eigenvalue weighted by molar-refractivity contribution is 5.86. The van der Waals surface area contributed by atoms with E-state index in [0.717, 1.165) is 108 Å². The monoisotopic (exact) mass is 1880 g/mol. The first kappa shape index (κ1) is 122. The molecule has 52 nitrogen and oxygen atoms in total. The van der Waals surface area contributed by atoms with Crippen molar-refractivity contribution in [1.29, 1.82) is 0 Å². The number of carboxylic acids is 10. The average Bonchev–Trinajstić information content (AvgIpc) is 1.73. The van der Waals surface area contributed by atoms with Gasteiger partial charge in [0.15, 0.2) is 6.20 Å². The van der Waals surface area contributed by atoms with Gasteiger partial charge in [-0.15, -0.1) is 10.6 Å². The van der Waals surface area contributed by atoms with Crippen molar-refractivity contribution < 1.29 is 166 Å². The molecule has 2 aromatic rings. The zero-order valence-electron chi connectivity index (χ0n) is 74.4. The Hall–Kier alpha value is -13.9. The van der Waals surface area contributed by atoms with E-state index in [1.165, 1.54) is 6.92 Å². The number of urea groups is 3. The van der Waals surface area contributed by atoms with Crippen LogP contribution in [0.3, 0.4) is 0 Å². The van der Waals surface area contributed by atoms with Crippen molar-refractivity contribution in [3.8, 4) is 0 Å². The number of hydrazine groups is 2. The maximum atomic E-state index is 12.1. The molecule has 52 heteroatoms. The van der Waals surface area contributed by atoms with E-state index in [1.807, 2.05) is 17.8 Å². The summed E-state index contributed by atoms with van der Waals surface area (Å²) in [7, 11) is 0. The summed E-state index contributed by atoms with van der Waals surface area (Å²) in [6.07, 6.45) is 23.5. The number of H-pyrrole nitrogens is 1. The number of carboxylic acid groups (broad SMARTS) is 10. The molecule has 742 valence electrons. The van der Waals surface area contributed by atoms with Gasteiger partial charge in [0.2, 0.25) is 29.3 Å². The fourth-order valence-corrected chi connectivity index (χ4v) is 11.6. The number of nitrogens with zero attached hydrogens (tertiary/aromatic N) is 6. The summed E-state index contributed by atoms with van der Waals surface area (Å²) in [6.45, 7) is 9.19. The fraction of sp³-hybridized carbons (Fsp3) is 0.675. The highest BCUT2D eigenvalue weighted by Crippen LogP contribution is 2.15. The van der Waals surface area contributed by atoms with E-state index >= 15 is 0 Å². The van der Waals surface area contributed by atoms with Gasteiger partial charge in [-0.05, 0) is 122 Å². The second-order valence-electron chi connectivity index (χ2n) is 29.9. The lowest BCUT2D eigenvalue weighted by molar-refractivity contribution is -0.754. The maximum absolute atomic E-state index is 12.1. The SMILES string of the molecule is CC(CCC(=O)NC(CC1=CN(CCCCCCC(=O)NCCCCCNC(=O)N[C@@H](CCC(=O)O)C(=O)O)NN1)C(=O)O)C(=O)O.CC(Cc1cn(CCCCCCC(=O)NCCCCCNC(=O)N[C@@H](CCC(=O)O)C(=O)O)nn1)C(=O)O.CCCCCC(NC(=O)CCCc1c[n+](CCCCCNC(=O)N[C@@H](CCC(=O)O)C(=O)O)[nH]n1)C(=O)O.O=C=O.O=C=O.O=C=O. The molecular formula is C80H130N19O33+. The molecule has 2 aromatic heterocycles. The summed E-state index contributed by atoms with van der Waals surface area (Å²) in [5.74, 6) is -13.4. The number of aromatic amines is 1. The third kappa shape index (κ3) is 71.1. The topological polar surface area (TPSA) is 806 Å². The van der Waals surface area contributed by atoms with Crippen LogP contribution in [0.15, 0.2) is 24.3 Å². The van der Waals surface area contributed by atoms with Gasteiger partial charge in [-0.1, -0.05) is 76.1 Å². The summed E-state index contributed by atoms with van der Waals surface area (Å²) in [5.41, 5.74) is 7.85. The molecule has 0 saturated heterocycles. The zero-order valence-corrected chi connectivity index (χ0v) is 74.4. The molecular weight excluding hydrogens is 1750 g/mol. The van der Waals surface area contributed by atoms with Crippen LogP contribution >= 0.6 is 0 Å². The van der Waals surface area contributed by atoms with E-state index in [-0.39, 0.29) is 100 Å². The Balaban J connectivity index is -0.00000182. The van der Waals surface area contributed by atoms with Crippen LogP contribution in [0.5, 0.6) is 0 Å². The standard InChI is InChI=1S/C29H49N7O11.2C24H40N6O8.3CO2/c1-19(26(41)42)10-12-24(38)32-22(28(45)46)17-20-18-36(35-34-20)16-8-3-2-5-9-23(37)30-14-6-4-7-15-31-29(47)33-21(27(43)44)11-13-25(39)40;1-17(22(34)35)15-18-16-30(29-28-18)14-8-3-2-5-9-20(31)25-12-6-4-7-13-26-24(38)27-19(23(36)37)10-11-21(32)33;1-2-3-5-10-18(22(34)35)26-20(31)11-8-9-17-16-30(29-28-17)15-7-4-6-14-25-24(38)27-19(23(36)37)12-13-21(32)33;3*2-1-3/h18-19,21-22,34-35H,2-17H2,1H3,(H,30,37)(H,32,38)(H,39,40)(H,41,42)(H,43,44)(H,45,46)(H2,31,33,47);16-17,19H,2-15H2,1H3,(H,25,31)(H,32,33)(H,34,35)(H,36,37)(H2,26,27,38);16,18-19H,2-15H2,1H3,(H6,25,26,27,31,32,33,34,35,36,37,38);;;/p+1/t19?,21-,22?;17?,19-;18?,19-;;;/m000.../s1. The van der Waals surface area contributed by atoms with E-state index in [0.29, 0.717) is 128 Å². The first-order valence-electron chi connectivity index (χ1n) is 43.0. The largest absolute Gasteiger partial charge is 0.481 e. The first-order chi connectivity index (χ1) is 62.7. The number of rotatable bonds is 68. The lowest BCUT2D eigenvalue weighted by Crippen LogP contribution is -2.46. The second-order valence-corrected chi connectivity index (χ2v) is 29.9.